The Kier molecular flexibility index (Phi) is 3.70. The second kappa shape index (κ2) is 5.03. The molecule has 2 aliphatic carbocycles. The van der Waals surface area contributed by atoms with Crippen LogP contribution in [0.4, 0.5) is 0 Å². The monoisotopic (exact) mass is 205 g/mol. The fourth-order valence-corrected chi connectivity index (χ4v) is 3.62. The molecule has 2 bridgehead atoms. The van der Waals surface area contributed by atoms with Crippen LogP contribution >= 0.6 is 0 Å². The number of terminal acetylenes is 1. The highest BCUT2D eigenvalue weighted by Gasteiger charge is 2.42. The van der Waals surface area contributed by atoms with Crippen LogP contribution in [0.5, 0.6) is 0 Å². The molecule has 1 nitrogen and oxygen atoms in total. The van der Waals surface area contributed by atoms with E-state index < -0.39 is 0 Å². The van der Waals surface area contributed by atoms with Crippen molar-refractivity contribution in [2.45, 2.75) is 51.5 Å². The molecule has 2 rings (SSSR count). The zero-order chi connectivity index (χ0) is 10.7. The topological polar surface area (TPSA) is 12.0 Å². The Hall–Kier alpha value is -0.480. The minimum Gasteiger partial charge on any atom is -0.313 e. The quantitative estimate of drug-likeness (QED) is 0.681. The van der Waals surface area contributed by atoms with E-state index in [9.17, 15) is 0 Å². The molecule has 0 aromatic heterocycles. The Morgan fingerprint density at radius 2 is 2.27 bits per heavy atom. The van der Waals surface area contributed by atoms with Crippen LogP contribution in [0, 0.1) is 30.1 Å². The van der Waals surface area contributed by atoms with E-state index >= 15 is 0 Å². The summed E-state index contributed by atoms with van der Waals surface area (Å²) in [6.07, 6.45) is 13.5. The van der Waals surface area contributed by atoms with Crippen LogP contribution in [0.2, 0.25) is 0 Å². The molecule has 4 unspecified atom stereocenters. The minimum atomic E-state index is 0.602. The van der Waals surface area contributed by atoms with Crippen molar-refractivity contribution < 1.29 is 0 Å². The van der Waals surface area contributed by atoms with Crippen LogP contribution < -0.4 is 5.32 Å². The summed E-state index contributed by atoms with van der Waals surface area (Å²) in [6, 6.07) is 0.602. The van der Waals surface area contributed by atoms with Gasteiger partial charge in [0.25, 0.3) is 0 Å². The summed E-state index contributed by atoms with van der Waals surface area (Å²) in [5, 5.41) is 3.65. The summed E-state index contributed by atoms with van der Waals surface area (Å²) >= 11 is 0. The van der Waals surface area contributed by atoms with E-state index in [1.807, 2.05) is 0 Å². The molecule has 0 radical (unpaired) electrons. The van der Waals surface area contributed by atoms with E-state index in [-0.39, 0.29) is 0 Å². The Labute approximate surface area is 94.0 Å². The van der Waals surface area contributed by atoms with Crippen molar-refractivity contribution in [1.29, 1.82) is 0 Å². The first-order valence-corrected chi connectivity index (χ1v) is 6.52. The molecule has 0 aliphatic heterocycles. The molecule has 4 atom stereocenters. The lowest BCUT2D eigenvalue weighted by molar-refractivity contribution is 0.251. The summed E-state index contributed by atoms with van der Waals surface area (Å²) in [7, 11) is 0. The Morgan fingerprint density at radius 3 is 2.80 bits per heavy atom. The van der Waals surface area contributed by atoms with Crippen molar-refractivity contribution in [2.75, 3.05) is 6.54 Å². The first-order chi connectivity index (χ1) is 7.35. The van der Waals surface area contributed by atoms with Gasteiger partial charge in [-0.15, -0.1) is 12.3 Å². The maximum atomic E-state index is 5.48. The van der Waals surface area contributed by atoms with Gasteiger partial charge in [0.05, 0.1) is 0 Å². The van der Waals surface area contributed by atoms with Crippen LogP contribution in [-0.4, -0.2) is 12.6 Å². The molecule has 0 aromatic carbocycles. The molecule has 1 N–H and O–H groups in total. The predicted molar refractivity (Wildman–Crippen MR) is 64.5 cm³/mol. The van der Waals surface area contributed by atoms with E-state index in [0.717, 1.165) is 30.7 Å². The number of hydrogen-bond acceptors (Lipinski definition) is 1. The van der Waals surface area contributed by atoms with E-state index in [4.69, 9.17) is 6.42 Å². The highest BCUT2D eigenvalue weighted by Crippen LogP contribution is 2.49. The van der Waals surface area contributed by atoms with Gasteiger partial charge in [0.15, 0.2) is 0 Å². The van der Waals surface area contributed by atoms with Crippen LogP contribution in [-0.2, 0) is 0 Å². The van der Waals surface area contributed by atoms with Gasteiger partial charge in [0, 0.05) is 12.5 Å². The third-order valence-electron chi connectivity index (χ3n) is 4.30. The van der Waals surface area contributed by atoms with Crippen LogP contribution in [0.1, 0.15) is 45.4 Å². The molecule has 84 valence electrons. The third-order valence-corrected chi connectivity index (χ3v) is 4.30. The van der Waals surface area contributed by atoms with Crippen molar-refractivity contribution in [3.8, 4) is 12.3 Å². The highest BCUT2D eigenvalue weighted by molar-refractivity contribution is 5.00. The van der Waals surface area contributed by atoms with Gasteiger partial charge >= 0.3 is 0 Å². The predicted octanol–water partition coefficient (Wildman–Crippen LogP) is 2.81. The lowest BCUT2D eigenvalue weighted by Gasteiger charge is -2.30. The summed E-state index contributed by atoms with van der Waals surface area (Å²) < 4.78 is 0. The fourth-order valence-electron chi connectivity index (χ4n) is 3.62. The second-order valence-electron chi connectivity index (χ2n) is 5.31. The lowest BCUT2D eigenvalue weighted by Crippen LogP contribution is -2.38. The van der Waals surface area contributed by atoms with Gasteiger partial charge in [-0.2, -0.15) is 0 Å². The summed E-state index contributed by atoms with van der Waals surface area (Å²) in [4.78, 5) is 0. The van der Waals surface area contributed by atoms with Crippen molar-refractivity contribution in [1.82, 2.24) is 5.32 Å². The average Bonchev–Trinajstić information content (AvgIpc) is 2.85. The maximum absolute atomic E-state index is 5.48. The number of hydrogen-bond donors (Lipinski definition) is 1. The molecule has 0 amide bonds. The summed E-state index contributed by atoms with van der Waals surface area (Å²) in [6.45, 7) is 3.35. The molecule has 15 heavy (non-hydrogen) atoms. The molecule has 0 aromatic rings. The van der Waals surface area contributed by atoms with Crippen LogP contribution in [0.15, 0.2) is 0 Å². The second-order valence-corrected chi connectivity index (χ2v) is 5.31. The maximum Gasteiger partial charge on any atom is 0.0243 e. The van der Waals surface area contributed by atoms with Crippen molar-refractivity contribution in [3.05, 3.63) is 0 Å². The van der Waals surface area contributed by atoms with Gasteiger partial charge in [0.1, 0.15) is 0 Å². The zero-order valence-corrected chi connectivity index (χ0v) is 9.84. The number of fused-ring (bicyclic) bond motifs is 2. The van der Waals surface area contributed by atoms with Gasteiger partial charge in [-0.3, -0.25) is 0 Å². The van der Waals surface area contributed by atoms with Gasteiger partial charge in [-0.05, 0) is 50.0 Å². The number of rotatable bonds is 5. The molecule has 0 heterocycles. The van der Waals surface area contributed by atoms with Gasteiger partial charge < -0.3 is 5.32 Å². The van der Waals surface area contributed by atoms with E-state index in [0.29, 0.717) is 6.04 Å². The summed E-state index contributed by atoms with van der Waals surface area (Å²) in [5.41, 5.74) is 0. The van der Waals surface area contributed by atoms with Gasteiger partial charge in [-0.25, -0.2) is 0 Å². The zero-order valence-electron chi connectivity index (χ0n) is 9.84. The van der Waals surface area contributed by atoms with Crippen LogP contribution in [0.25, 0.3) is 0 Å². The molecule has 2 fully saturated rings. The van der Waals surface area contributed by atoms with Crippen molar-refractivity contribution in [2.24, 2.45) is 17.8 Å². The van der Waals surface area contributed by atoms with Crippen molar-refractivity contribution in [3.63, 3.8) is 0 Å². The Balaban J connectivity index is 1.90. The van der Waals surface area contributed by atoms with Gasteiger partial charge in [0.2, 0.25) is 0 Å². The molecule has 0 saturated heterocycles. The smallest absolute Gasteiger partial charge is 0.0243 e. The molecule has 0 spiro atoms. The molecular weight excluding hydrogens is 182 g/mol. The third kappa shape index (κ3) is 2.37. The molecule has 1 heteroatoms. The first-order valence-electron chi connectivity index (χ1n) is 6.52. The van der Waals surface area contributed by atoms with Gasteiger partial charge in [-0.1, -0.05) is 13.3 Å². The molecule has 2 aliphatic rings. The number of nitrogens with one attached hydrogen (secondary N) is 1. The highest BCUT2D eigenvalue weighted by atomic mass is 14.9. The Bertz CT molecular complexity index is 240. The fraction of sp³-hybridized carbons (Fsp3) is 0.857. The molecular formula is C14H23N. The minimum absolute atomic E-state index is 0.602. The average molecular weight is 205 g/mol. The first kappa shape index (κ1) is 11.0. The Morgan fingerprint density at radius 1 is 1.40 bits per heavy atom. The lowest BCUT2D eigenvalue weighted by atomic mass is 9.82. The SMILES string of the molecule is C#CCC(NCCC)C1CC2CCC1C2. The van der Waals surface area contributed by atoms with E-state index in [1.54, 1.807) is 0 Å². The standard InChI is InChI=1S/C14H23N/c1-3-5-14(15-8-4-2)13-10-11-6-7-12(13)9-11/h1,11-15H,4-10H2,2H3. The van der Waals surface area contributed by atoms with E-state index in [2.05, 4.69) is 18.2 Å². The normalized spacial score (nSPS) is 35.3. The van der Waals surface area contributed by atoms with Crippen LogP contribution in [0.3, 0.4) is 0 Å². The van der Waals surface area contributed by atoms with Crippen molar-refractivity contribution >= 4 is 0 Å². The summed E-state index contributed by atoms with van der Waals surface area (Å²) in [5.74, 6) is 5.75. The van der Waals surface area contributed by atoms with E-state index in [1.165, 1.54) is 32.1 Å². The molecule has 2 saturated carbocycles. The largest absolute Gasteiger partial charge is 0.313 e.